The summed E-state index contributed by atoms with van der Waals surface area (Å²) in [5.74, 6) is 0. The van der Waals surface area contributed by atoms with Crippen molar-refractivity contribution in [1.29, 1.82) is 0 Å². The van der Waals surface area contributed by atoms with Gasteiger partial charge in [0.05, 0.1) is 7.59 Å². The summed E-state index contributed by atoms with van der Waals surface area (Å²) < 4.78 is 61.8. The van der Waals surface area contributed by atoms with Crippen LogP contribution in [0.3, 0.4) is 0 Å². The van der Waals surface area contributed by atoms with Crippen LogP contribution >= 0.6 is 0 Å². The van der Waals surface area contributed by atoms with Gasteiger partial charge in [-0.25, -0.2) is 0 Å². The molecule has 0 unspecified atom stereocenters. The molecule has 0 spiro atoms. The number of hydrogen-bond donors (Lipinski definition) is 0. The highest BCUT2D eigenvalue weighted by Gasteiger charge is 2.48. The van der Waals surface area contributed by atoms with Crippen molar-refractivity contribution in [3.8, 4) is 0 Å². The number of halogens is 3. The van der Waals surface area contributed by atoms with Gasteiger partial charge in [-0.3, -0.25) is 0 Å². The standard InChI is InChI=1S/C7H17F3O3SSi2/c1-6(2,3)16(4,5)15-13-14(11,12)7(8,9)10/h15H2,1-5H3. The number of alkyl halides is 3. The van der Waals surface area contributed by atoms with Crippen LogP contribution in [-0.4, -0.2) is 30.8 Å². The molecule has 16 heavy (non-hydrogen) atoms. The van der Waals surface area contributed by atoms with Crippen molar-refractivity contribution in [3.05, 3.63) is 0 Å². The van der Waals surface area contributed by atoms with Crippen LogP contribution in [0.1, 0.15) is 20.8 Å². The van der Waals surface area contributed by atoms with Crippen molar-refractivity contribution in [2.24, 2.45) is 0 Å². The van der Waals surface area contributed by atoms with E-state index in [-0.39, 0.29) is 5.04 Å². The lowest BCUT2D eigenvalue weighted by atomic mass is 10.2. The maximum absolute atomic E-state index is 12.0. The molecule has 0 N–H and O–H groups in total. The van der Waals surface area contributed by atoms with Crippen LogP contribution in [0.2, 0.25) is 18.1 Å². The van der Waals surface area contributed by atoms with E-state index in [9.17, 15) is 21.6 Å². The summed E-state index contributed by atoms with van der Waals surface area (Å²) in [6, 6.07) is 0. The Hall–Kier alpha value is 0.134. The van der Waals surface area contributed by atoms with E-state index in [2.05, 4.69) is 3.87 Å². The summed E-state index contributed by atoms with van der Waals surface area (Å²) in [5.41, 5.74) is -5.30. The molecule has 98 valence electrons. The Morgan fingerprint density at radius 1 is 1.12 bits per heavy atom. The Kier molecular flexibility index (Phi) is 4.46. The van der Waals surface area contributed by atoms with Gasteiger partial charge in [0, 0.05) is 0 Å². The first-order chi connectivity index (χ1) is 6.71. The largest absolute Gasteiger partial charge is 0.522 e. The maximum atomic E-state index is 12.0. The fourth-order valence-electron chi connectivity index (χ4n) is 0.508. The molecule has 0 aromatic carbocycles. The van der Waals surface area contributed by atoms with Gasteiger partial charge >= 0.3 is 15.6 Å². The van der Waals surface area contributed by atoms with E-state index in [0.717, 1.165) is 0 Å². The Morgan fingerprint density at radius 3 is 1.75 bits per heavy atom. The van der Waals surface area contributed by atoms with Gasteiger partial charge in [0.2, 0.25) is 0 Å². The van der Waals surface area contributed by atoms with Crippen LogP contribution in [0.25, 0.3) is 0 Å². The fraction of sp³-hybridized carbons (Fsp3) is 1.00. The van der Waals surface area contributed by atoms with Gasteiger partial charge in [-0.1, -0.05) is 33.9 Å². The van der Waals surface area contributed by atoms with E-state index in [1.807, 2.05) is 33.9 Å². The van der Waals surface area contributed by atoms with Crippen LogP contribution in [0.5, 0.6) is 0 Å². The normalized spacial score (nSPS) is 16.0. The molecular formula is C7H17F3O3SSi2. The molecular weight excluding hydrogens is 277 g/mol. The molecule has 0 radical (unpaired) electrons. The van der Waals surface area contributed by atoms with Gasteiger partial charge in [0.15, 0.2) is 9.28 Å². The third-order valence-electron chi connectivity index (χ3n) is 2.89. The number of hydrogen-bond acceptors (Lipinski definition) is 3. The predicted octanol–water partition coefficient (Wildman–Crippen LogP) is 1.94. The highest BCUT2D eigenvalue weighted by atomic mass is 32.2. The molecule has 0 aliphatic rings. The monoisotopic (exact) mass is 294 g/mol. The summed E-state index contributed by atoms with van der Waals surface area (Å²) >= 11 is 0. The average molecular weight is 294 g/mol. The molecule has 9 heteroatoms. The van der Waals surface area contributed by atoms with Gasteiger partial charge in [0.25, 0.3) is 0 Å². The van der Waals surface area contributed by atoms with Gasteiger partial charge in [0.1, 0.15) is 0 Å². The Balaban J connectivity index is 4.73. The number of rotatable bonds is 3. The predicted molar refractivity (Wildman–Crippen MR) is 61.8 cm³/mol. The minimum absolute atomic E-state index is 0.166. The van der Waals surface area contributed by atoms with Crippen molar-refractivity contribution in [1.82, 2.24) is 0 Å². The molecule has 0 aliphatic carbocycles. The zero-order valence-corrected chi connectivity index (χ0v) is 13.2. The van der Waals surface area contributed by atoms with E-state index in [1.54, 1.807) is 0 Å². The average Bonchev–Trinajstić information content (AvgIpc) is 1.97. The lowest BCUT2D eigenvalue weighted by molar-refractivity contribution is -0.0498. The summed E-state index contributed by atoms with van der Waals surface area (Å²) in [5, 5.41) is -0.166. The zero-order valence-electron chi connectivity index (χ0n) is 9.97. The fourth-order valence-corrected chi connectivity index (χ4v) is 8.62. The SMILES string of the molecule is CC(C)(C)[Si](C)(C)[SiH2]OS(=O)(=O)C(F)(F)F. The van der Waals surface area contributed by atoms with E-state index >= 15 is 0 Å². The van der Waals surface area contributed by atoms with E-state index < -0.39 is 32.5 Å². The first-order valence-electron chi connectivity index (χ1n) is 4.66. The second-order valence-electron chi connectivity index (χ2n) is 5.30. The van der Waals surface area contributed by atoms with E-state index in [0.29, 0.717) is 0 Å². The Morgan fingerprint density at radius 2 is 1.50 bits per heavy atom. The van der Waals surface area contributed by atoms with Crippen molar-refractivity contribution in [2.75, 3.05) is 0 Å². The quantitative estimate of drug-likeness (QED) is 0.590. The highest BCUT2D eigenvalue weighted by Crippen LogP contribution is 2.36. The van der Waals surface area contributed by atoms with Crippen LogP contribution in [0.4, 0.5) is 13.2 Å². The molecule has 0 atom stereocenters. The van der Waals surface area contributed by atoms with Crippen LogP contribution < -0.4 is 0 Å². The molecule has 0 aromatic rings. The van der Waals surface area contributed by atoms with Gasteiger partial charge in [-0.15, -0.1) is 0 Å². The lowest BCUT2D eigenvalue weighted by Gasteiger charge is -2.35. The van der Waals surface area contributed by atoms with E-state index in [4.69, 9.17) is 0 Å². The van der Waals surface area contributed by atoms with Crippen molar-refractivity contribution < 1.29 is 25.5 Å². The molecule has 0 bridgehead atoms. The van der Waals surface area contributed by atoms with Gasteiger partial charge in [-0.2, -0.15) is 21.6 Å². The summed E-state index contributed by atoms with van der Waals surface area (Å²) in [7, 11) is -9.17. The van der Waals surface area contributed by atoms with Gasteiger partial charge < -0.3 is 3.87 Å². The third-order valence-corrected chi connectivity index (χ3v) is 16.4. The van der Waals surface area contributed by atoms with Crippen molar-refractivity contribution >= 4 is 27.0 Å². The first-order valence-corrected chi connectivity index (χ1v) is 12.0. The molecule has 0 aliphatic heterocycles. The lowest BCUT2D eigenvalue weighted by Crippen LogP contribution is -2.47. The second-order valence-corrected chi connectivity index (χ2v) is 19.3. The third kappa shape index (κ3) is 3.86. The summed E-state index contributed by atoms with van der Waals surface area (Å²) in [4.78, 5) is 0. The molecule has 0 saturated carbocycles. The Bertz CT molecular complexity index is 343. The molecule has 0 fully saturated rings. The molecule has 0 rings (SSSR count). The van der Waals surface area contributed by atoms with Gasteiger partial charge in [-0.05, 0) is 5.04 Å². The van der Waals surface area contributed by atoms with Crippen molar-refractivity contribution in [2.45, 2.75) is 44.4 Å². The summed E-state index contributed by atoms with van der Waals surface area (Å²) in [6.45, 7) is 9.40. The van der Waals surface area contributed by atoms with Crippen LogP contribution in [0.15, 0.2) is 0 Å². The van der Waals surface area contributed by atoms with Crippen LogP contribution in [-0.2, 0) is 14.0 Å². The Labute approximate surface area is 97.2 Å². The summed E-state index contributed by atoms with van der Waals surface area (Å²) in [6.07, 6.45) is 0. The minimum atomic E-state index is -5.39. The molecule has 0 aromatic heterocycles. The molecule has 0 heterocycles. The molecule has 3 nitrogen and oxygen atoms in total. The minimum Gasteiger partial charge on any atom is -0.319 e. The topological polar surface area (TPSA) is 43.4 Å². The smallest absolute Gasteiger partial charge is 0.319 e. The zero-order chi connectivity index (χ0) is 13.4. The highest BCUT2D eigenvalue weighted by molar-refractivity contribution is 7.88. The first kappa shape index (κ1) is 16.1. The van der Waals surface area contributed by atoms with Crippen LogP contribution in [0, 0.1) is 0 Å². The second kappa shape index (κ2) is 4.43. The maximum Gasteiger partial charge on any atom is 0.522 e. The van der Waals surface area contributed by atoms with Crippen molar-refractivity contribution in [3.63, 3.8) is 0 Å². The molecule has 0 saturated heterocycles. The van der Waals surface area contributed by atoms with E-state index in [1.165, 1.54) is 0 Å². The molecule has 0 amide bonds.